The van der Waals surface area contributed by atoms with Gasteiger partial charge in [0.15, 0.2) is 11.5 Å². The van der Waals surface area contributed by atoms with Crippen LogP contribution in [0.4, 0.5) is 34.1 Å². The van der Waals surface area contributed by atoms with Gasteiger partial charge < -0.3 is 19.3 Å². The van der Waals surface area contributed by atoms with Gasteiger partial charge in [0, 0.05) is 37.5 Å². The lowest BCUT2D eigenvalue weighted by atomic mass is 9.36. The first-order chi connectivity index (χ1) is 25.8. The van der Waals surface area contributed by atoms with Gasteiger partial charge in [-0.2, -0.15) is 0 Å². The second kappa shape index (κ2) is 11.9. The number of thiophene rings is 1. The third-order valence-corrected chi connectivity index (χ3v) is 13.4. The summed E-state index contributed by atoms with van der Waals surface area (Å²) in [4.78, 5) is 5.17. The van der Waals surface area contributed by atoms with Gasteiger partial charge in [0.25, 0.3) is 6.71 Å². The Morgan fingerprint density at radius 3 is 1.84 bits per heavy atom. The average Bonchev–Trinajstić information content (AvgIpc) is 3.73. The Hall–Kier alpha value is -4.68. The number of hydrogen-bond donors (Lipinski definition) is 0. The van der Waals surface area contributed by atoms with E-state index in [0.717, 1.165) is 28.3 Å². The van der Waals surface area contributed by atoms with Crippen LogP contribution in [0.5, 0.6) is 11.5 Å². The van der Waals surface area contributed by atoms with Crippen molar-refractivity contribution < 1.29 is 9.47 Å². The molecule has 5 aromatic carbocycles. The number of benzene rings is 5. The van der Waals surface area contributed by atoms with Crippen molar-refractivity contribution in [1.82, 2.24) is 0 Å². The molecule has 0 radical (unpaired) electrons. The van der Waals surface area contributed by atoms with E-state index in [1.165, 1.54) is 82.0 Å². The molecule has 4 nitrogen and oxygen atoms in total. The van der Waals surface area contributed by atoms with E-state index in [-0.39, 0.29) is 29.8 Å². The van der Waals surface area contributed by atoms with Crippen LogP contribution in [-0.4, -0.2) is 13.5 Å². The highest BCUT2D eigenvalue weighted by atomic mass is 32.1. The second-order valence-electron chi connectivity index (χ2n) is 19.2. The largest absolute Gasteiger partial charge is 0.454 e. The molecule has 6 aromatic rings. The predicted molar refractivity (Wildman–Crippen MR) is 237 cm³/mol. The molecule has 0 unspecified atom stereocenters. The van der Waals surface area contributed by atoms with Crippen molar-refractivity contribution in [3.63, 3.8) is 0 Å². The van der Waals surface area contributed by atoms with E-state index < -0.39 is 0 Å². The Bertz CT molecular complexity index is 2570. The molecule has 0 N–H and O–H groups in total. The highest BCUT2D eigenvalue weighted by Gasteiger charge is 2.46. The van der Waals surface area contributed by atoms with E-state index in [1.807, 2.05) is 11.3 Å². The first-order valence-corrected chi connectivity index (χ1v) is 20.6. The summed E-state index contributed by atoms with van der Waals surface area (Å²) in [6.45, 7) is 30.2. The molecule has 3 aliphatic rings. The topological polar surface area (TPSA) is 24.9 Å². The molecule has 0 bridgehead atoms. The molecule has 6 heteroatoms. The monoisotopic (exact) mass is 744 g/mol. The Kier molecular flexibility index (Phi) is 7.80. The molecular formula is C49H53BN2O2S. The molecule has 0 saturated carbocycles. The molecular weight excluding hydrogens is 691 g/mol. The van der Waals surface area contributed by atoms with Gasteiger partial charge in [-0.3, -0.25) is 0 Å². The Morgan fingerprint density at radius 2 is 1.18 bits per heavy atom. The smallest absolute Gasteiger partial charge is 0.264 e. The SMILES string of the molecule is Cc1cc(C(C)(C)C)cc(C)c1N1c2cccc3c2B(c2cc(C(C)(C)C)ccc2N3c2c(C)cc3c(c2C)OCO3)c2sc3ccc(C(C)(C)C)cc3c21. The standard InChI is InChI=1S/C49H53BN2O2S/c1-27-21-33(49(11,12)13)22-28(2)42(27)52-38-16-14-15-37-41(38)50(46-44(52)34-24-31(47(5,6)7)18-20-40(34)55-46)35-25-32(48(8,9)10)17-19-36(35)51(37)43-29(3)23-39-45(30(43)4)54-26-53-39/h14-25H,26H2,1-13H3. The van der Waals surface area contributed by atoms with Crippen LogP contribution in [0.2, 0.25) is 0 Å². The van der Waals surface area contributed by atoms with Gasteiger partial charge in [0.1, 0.15) is 0 Å². The summed E-state index contributed by atoms with van der Waals surface area (Å²) in [6.07, 6.45) is 0. The Labute approximate surface area is 332 Å². The van der Waals surface area contributed by atoms with Crippen molar-refractivity contribution in [2.75, 3.05) is 16.6 Å². The maximum Gasteiger partial charge on any atom is 0.264 e. The summed E-state index contributed by atoms with van der Waals surface area (Å²) in [6, 6.07) is 28.4. The van der Waals surface area contributed by atoms with E-state index in [9.17, 15) is 0 Å². The first kappa shape index (κ1) is 36.0. The van der Waals surface area contributed by atoms with Crippen LogP contribution in [0.25, 0.3) is 10.1 Å². The van der Waals surface area contributed by atoms with Crippen LogP contribution in [0.15, 0.2) is 72.8 Å². The molecule has 0 atom stereocenters. The van der Waals surface area contributed by atoms with Gasteiger partial charge in [-0.1, -0.05) is 98.7 Å². The third-order valence-electron chi connectivity index (χ3n) is 12.2. The number of rotatable bonds is 2. The first-order valence-electron chi connectivity index (χ1n) is 19.8. The average molecular weight is 745 g/mol. The van der Waals surface area contributed by atoms with Gasteiger partial charge in [-0.25, -0.2) is 0 Å². The van der Waals surface area contributed by atoms with Crippen molar-refractivity contribution in [2.45, 2.75) is 106 Å². The number of anilines is 6. The van der Waals surface area contributed by atoms with Crippen LogP contribution in [-0.2, 0) is 16.2 Å². The van der Waals surface area contributed by atoms with E-state index in [2.05, 4.69) is 173 Å². The third kappa shape index (κ3) is 5.38. The normalized spacial score (nSPS) is 14.7. The molecule has 3 aliphatic heterocycles. The maximum absolute atomic E-state index is 6.13. The van der Waals surface area contributed by atoms with Crippen molar-refractivity contribution in [3.05, 3.63) is 112 Å². The summed E-state index contributed by atoms with van der Waals surface area (Å²) < 4.78 is 14.8. The zero-order valence-electron chi connectivity index (χ0n) is 34.8. The van der Waals surface area contributed by atoms with Crippen LogP contribution in [0.1, 0.15) is 101 Å². The molecule has 0 fully saturated rings. The number of nitrogens with zero attached hydrogens (tertiary/aromatic N) is 2. The summed E-state index contributed by atoms with van der Waals surface area (Å²) >= 11 is 1.98. The van der Waals surface area contributed by atoms with Crippen LogP contribution >= 0.6 is 11.3 Å². The molecule has 1 aromatic heterocycles. The molecule has 280 valence electrons. The number of aryl methyl sites for hydroxylation is 3. The lowest BCUT2D eigenvalue weighted by molar-refractivity contribution is 0.173. The minimum absolute atomic E-state index is 0.0153. The summed E-state index contributed by atoms with van der Waals surface area (Å²) in [7, 11) is 0. The van der Waals surface area contributed by atoms with Crippen LogP contribution in [0.3, 0.4) is 0 Å². The minimum atomic E-state index is -0.0153. The molecule has 0 amide bonds. The van der Waals surface area contributed by atoms with E-state index in [4.69, 9.17) is 9.47 Å². The van der Waals surface area contributed by atoms with Crippen molar-refractivity contribution >= 4 is 78.0 Å². The highest BCUT2D eigenvalue weighted by Crippen LogP contribution is 2.52. The van der Waals surface area contributed by atoms with Crippen LogP contribution in [0, 0.1) is 27.7 Å². The second-order valence-corrected chi connectivity index (χ2v) is 20.3. The van der Waals surface area contributed by atoms with Crippen molar-refractivity contribution in [3.8, 4) is 11.5 Å². The zero-order chi connectivity index (χ0) is 39.1. The zero-order valence-corrected chi connectivity index (χ0v) is 35.6. The van der Waals surface area contributed by atoms with Gasteiger partial charge in [-0.15, -0.1) is 11.3 Å². The Morgan fingerprint density at radius 1 is 0.582 bits per heavy atom. The fraction of sp³-hybridized carbons (Fsp3) is 0.347. The van der Waals surface area contributed by atoms with Gasteiger partial charge in [0.05, 0.1) is 17.1 Å². The molecule has 4 heterocycles. The minimum Gasteiger partial charge on any atom is -0.454 e. The summed E-state index contributed by atoms with van der Waals surface area (Å²) in [5, 5.41) is 1.33. The lowest BCUT2D eigenvalue weighted by Crippen LogP contribution is -2.60. The predicted octanol–water partition coefficient (Wildman–Crippen LogP) is 11.8. The summed E-state index contributed by atoms with van der Waals surface area (Å²) in [5.41, 5.74) is 19.1. The molecule has 55 heavy (non-hydrogen) atoms. The molecule has 0 saturated heterocycles. The van der Waals surface area contributed by atoms with Gasteiger partial charge >= 0.3 is 0 Å². The molecule has 0 aliphatic carbocycles. The van der Waals surface area contributed by atoms with Crippen molar-refractivity contribution in [2.24, 2.45) is 0 Å². The van der Waals surface area contributed by atoms with E-state index in [0.29, 0.717) is 0 Å². The van der Waals surface area contributed by atoms with Crippen LogP contribution < -0.4 is 35.0 Å². The molecule has 9 rings (SSSR count). The van der Waals surface area contributed by atoms with E-state index >= 15 is 0 Å². The lowest BCUT2D eigenvalue weighted by Gasteiger charge is -2.44. The highest BCUT2D eigenvalue weighted by molar-refractivity contribution is 7.33. The number of hydrogen-bond acceptors (Lipinski definition) is 5. The summed E-state index contributed by atoms with van der Waals surface area (Å²) in [5.74, 6) is 1.67. The maximum atomic E-state index is 6.13. The van der Waals surface area contributed by atoms with Gasteiger partial charge in [0.2, 0.25) is 6.79 Å². The number of ether oxygens (including phenoxy) is 2. The number of fused-ring (bicyclic) bond motifs is 7. The fourth-order valence-corrected chi connectivity index (χ4v) is 10.6. The fourth-order valence-electron chi connectivity index (χ4n) is 9.27. The quantitative estimate of drug-likeness (QED) is 0.165. The Balaban J connectivity index is 1.42. The van der Waals surface area contributed by atoms with Gasteiger partial charge in [-0.05, 0) is 125 Å². The molecule has 0 spiro atoms. The van der Waals surface area contributed by atoms with E-state index in [1.54, 1.807) is 0 Å². The van der Waals surface area contributed by atoms with Crippen molar-refractivity contribution in [1.29, 1.82) is 0 Å².